The molecule has 1 amide bonds. The van der Waals surface area contributed by atoms with Gasteiger partial charge in [-0.25, -0.2) is 0 Å². The largest absolute Gasteiger partial charge is 0.497 e. The second-order valence-electron chi connectivity index (χ2n) is 4.56. The topological polar surface area (TPSA) is 64.3 Å². The van der Waals surface area contributed by atoms with Crippen molar-refractivity contribution in [3.63, 3.8) is 0 Å². The molecule has 0 aliphatic rings. The van der Waals surface area contributed by atoms with Crippen LogP contribution < -0.4 is 15.8 Å². The fourth-order valence-electron chi connectivity index (χ4n) is 1.34. The maximum absolute atomic E-state index is 11.7. The molecule has 0 saturated carbocycles. The van der Waals surface area contributed by atoms with Gasteiger partial charge in [0.1, 0.15) is 5.75 Å². The lowest BCUT2D eigenvalue weighted by molar-refractivity contribution is -0.117. The molecule has 4 nitrogen and oxygen atoms in total. The number of ether oxygens (including phenoxy) is 1. The van der Waals surface area contributed by atoms with Crippen LogP contribution in [-0.4, -0.2) is 18.6 Å². The Morgan fingerprint density at radius 1 is 1.53 bits per heavy atom. The maximum atomic E-state index is 11.7. The lowest BCUT2D eigenvalue weighted by atomic mass is 10.0. The van der Waals surface area contributed by atoms with E-state index in [9.17, 15) is 4.79 Å². The van der Waals surface area contributed by atoms with Gasteiger partial charge in [0.05, 0.1) is 17.8 Å². The summed E-state index contributed by atoms with van der Waals surface area (Å²) in [6, 6.07) is 5.07. The molecule has 0 radical (unpaired) electrons. The highest BCUT2D eigenvalue weighted by Crippen LogP contribution is 2.26. The van der Waals surface area contributed by atoms with Gasteiger partial charge in [-0.2, -0.15) is 0 Å². The molecule has 0 heterocycles. The van der Waals surface area contributed by atoms with Crippen LogP contribution in [0.25, 0.3) is 0 Å². The molecule has 5 heteroatoms. The molecular weight excluding hydrogens is 240 g/mol. The van der Waals surface area contributed by atoms with Gasteiger partial charge in [-0.15, -0.1) is 0 Å². The van der Waals surface area contributed by atoms with Gasteiger partial charge in [-0.3, -0.25) is 4.79 Å². The van der Waals surface area contributed by atoms with Crippen molar-refractivity contribution < 1.29 is 9.53 Å². The molecule has 94 valence electrons. The zero-order valence-corrected chi connectivity index (χ0v) is 11.0. The summed E-state index contributed by atoms with van der Waals surface area (Å²) in [7, 11) is 1.55. The number of carbonyl (C=O) groups is 1. The number of nitrogens with one attached hydrogen (secondary N) is 1. The monoisotopic (exact) mass is 256 g/mol. The number of benzene rings is 1. The van der Waals surface area contributed by atoms with E-state index in [-0.39, 0.29) is 12.3 Å². The standard InChI is InChI=1S/C12H17ClN2O2/c1-12(2,14)7-11(16)15-10-6-8(17-3)4-5-9(10)13/h4-6H,7,14H2,1-3H3,(H,15,16). The Bertz CT molecular complexity index is 413. The van der Waals surface area contributed by atoms with E-state index in [1.807, 2.05) is 0 Å². The summed E-state index contributed by atoms with van der Waals surface area (Å²) in [5.41, 5.74) is 5.75. The zero-order chi connectivity index (χ0) is 13.1. The quantitative estimate of drug-likeness (QED) is 0.870. The van der Waals surface area contributed by atoms with E-state index in [2.05, 4.69) is 5.32 Å². The Hall–Kier alpha value is -1.26. The van der Waals surface area contributed by atoms with E-state index >= 15 is 0 Å². The smallest absolute Gasteiger partial charge is 0.226 e. The highest BCUT2D eigenvalue weighted by molar-refractivity contribution is 6.33. The zero-order valence-electron chi connectivity index (χ0n) is 10.2. The van der Waals surface area contributed by atoms with Crippen LogP contribution in [0.15, 0.2) is 18.2 Å². The van der Waals surface area contributed by atoms with Crippen LogP contribution in [0.1, 0.15) is 20.3 Å². The van der Waals surface area contributed by atoms with Crippen LogP contribution in [-0.2, 0) is 4.79 Å². The van der Waals surface area contributed by atoms with Crippen molar-refractivity contribution in [3.8, 4) is 5.75 Å². The third-order valence-corrected chi connectivity index (χ3v) is 2.39. The first-order valence-corrected chi connectivity index (χ1v) is 5.62. The summed E-state index contributed by atoms with van der Waals surface area (Å²) in [5, 5.41) is 3.18. The number of amides is 1. The first-order chi connectivity index (χ1) is 7.81. The van der Waals surface area contributed by atoms with Crippen LogP contribution in [0.4, 0.5) is 5.69 Å². The van der Waals surface area contributed by atoms with Crippen molar-refractivity contribution >= 4 is 23.2 Å². The van der Waals surface area contributed by atoms with E-state index in [1.54, 1.807) is 39.2 Å². The number of anilines is 1. The average molecular weight is 257 g/mol. The molecule has 3 N–H and O–H groups in total. The Balaban J connectivity index is 2.77. The van der Waals surface area contributed by atoms with Crippen LogP contribution in [0.3, 0.4) is 0 Å². The minimum atomic E-state index is -0.546. The lowest BCUT2D eigenvalue weighted by Crippen LogP contribution is -2.36. The van der Waals surface area contributed by atoms with Crippen molar-refractivity contribution in [2.75, 3.05) is 12.4 Å². The molecule has 0 fully saturated rings. The third-order valence-electron chi connectivity index (χ3n) is 2.06. The van der Waals surface area contributed by atoms with Gasteiger partial charge in [0.15, 0.2) is 0 Å². The number of carbonyl (C=O) groups excluding carboxylic acids is 1. The molecule has 1 aromatic rings. The van der Waals surface area contributed by atoms with E-state index in [0.29, 0.717) is 16.5 Å². The van der Waals surface area contributed by atoms with Crippen molar-refractivity contribution in [2.45, 2.75) is 25.8 Å². The summed E-state index contributed by atoms with van der Waals surface area (Å²) in [6.45, 7) is 3.58. The minimum absolute atomic E-state index is 0.173. The molecule has 0 bridgehead atoms. The molecule has 0 aliphatic heterocycles. The Morgan fingerprint density at radius 3 is 2.71 bits per heavy atom. The second kappa shape index (κ2) is 5.38. The fraction of sp³-hybridized carbons (Fsp3) is 0.417. The molecule has 0 unspecified atom stereocenters. The summed E-state index contributed by atoms with van der Waals surface area (Å²) < 4.78 is 5.06. The number of rotatable bonds is 4. The van der Waals surface area contributed by atoms with Gasteiger partial charge in [0.2, 0.25) is 5.91 Å². The first-order valence-electron chi connectivity index (χ1n) is 5.24. The SMILES string of the molecule is COc1ccc(Cl)c(NC(=O)CC(C)(C)N)c1. The lowest BCUT2D eigenvalue weighted by Gasteiger charge is -2.18. The van der Waals surface area contributed by atoms with Crippen LogP contribution >= 0.6 is 11.6 Å². The predicted octanol–water partition coefficient (Wildman–Crippen LogP) is 2.41. The molecule has 17 heavy (non-hydrogen) atoms. The Labute approximate surface area is 106 Å². The van der Waals surface area contributed by atoms with Crippen LogP contribution in [0, 0.1) is 0 Å². The van der Waals surface area contributed by atoms with Gasteiger partial charge in [-0.05, 0) is 26.0 Å². The molecule has 0 aliphatic carbocycles. The number of hydrogen-bond donors (Lipinski definition) is 2. The van der Waals surface area contributed by atoms with Gasteiger partial charge in [0.25, 0.3) is 0 Å². The van der Waals surface area contributed by atoms with Crippen molar-refractivity contribution in [1.29, 1.82) is 0 Å². The average Bonchev–Trinajstić information content (AvgIpc) is 2.18. The summed E-state index contributed by atoms with van der Waals surface area (Å²) >= 11 is 5.97. The fourth-order valence-corrected chi connectivity index (χ4v) is 1.50. The van der Waals surface area contributed by atoms with E-state index in [0.717, 1.165) is 0 Å². The van der Waals surface area contributed by atoms with Gasteiger partial charge in [0, 0.05) is 18.0 Å². The summed E-state index contributed by atoms with van der Waals surface area (Å²) in [6.07, 6.45) is 0.223. The van der Waals surface area contributed by atoms with Crippen molar-refractivity contribution in [2.24, 2.45) is 5.73 Å². The van der Waals surface area contributed by atoms with Gasteiger partial charge >= 0.3 is 0 Å². The van der Waals surface area contributed by atoms with Gasteiger partial charge < -0.3 is 15.8 Å². The maximum Gasteiger partial charge on any atom is 0.226 e. The molecule has 0 aromatic heterocycles. The Kier molecular flexibility index (Phi) is 4.37. The van der Waals surface area contributed by atoms with E-state index < -0.39 is 5.54 Å². The normalized spacial score (nSPS) is 11.1. The third kappa shape index (κ3) is 4.63. The first kappa shape index (κ1) is 13.8. The van der Waals surface area contributed by atoms with Crippen LogP contribution in [0.2, 0.25) is 5.02 Å². The predicted molar refractivity (Wildman–Crippen MR) is 69.5 cm³/mol. The second-order valence-corrected chi connectivity index (χ2v) is 4.97. The molecule has 1 aromatic carbocycles. The van der Waals surface area contributed by atoms with E-state index in [4.69, 9.17) is 22.1 Å². The highest BCUT2D eigenvalue weighted by atomic mass is 35.5. The summed E-state index contributed by atoms with van der Waals surface area (Å²) in [5.74, 6) is 0.462. The van der Waals surface area contributed by atoms with Crippen molar-refractivity contribution in [3.05, 3.63) is 23.2 Å². The molecule has 0 saturated heterocycles. The summed E-state index contributed by atoms with van der Waals surface area (Å²) in [4.78, 5) is 11.7. The number of hydrogen-bond acceptors (Lipinski definition) is 3. The number of halogens is 1. The molecule has 1 rings (SSSR count). The Morgan fingerprint density at radius 2 is 2.18 bits per heavy atom. The highest BCUT2D eigenvalue weighted by Gasteiger charge is 2.17. The van der Waals surface area contributed by atoms with Crippen molar-refractivity contribution in [1.82, 2.24) is 0 Å². The minimum Gasteiger partial charge on any atom is -0.497 e. The molecule has 0 spiro atoms. The number of nitrogens with two attached hydrogens (primary N) is 1. The molecular formula is C12H17ClN2O2. The van der Waals surface area contributed by atoms with Crippen LogP contribution in [0.5, 0.6) is 5.75 Å². The van der Waals surface area contributed by atoms with E-state index in [1.165, 1.54) is 0 Å². The van der Waals surface area contributed by atoms with Gasteiger partial charge in [-0.1, -0.05) is 11.6 Å². The molecule has 0 atom stereocenters. The number of methoxy groups -OCH3 is 1.